The summed E-state index contributed by atoms with van der Waals surface area (Å²) in [4.78, 5) is 17.4. The number of aromatic nitrogens is 1. The van der Waals surface area contributed by atoms with Crippen molar-refractivity contribution in [1.82, 2.24) is 9.88 Å². The maximum absolute atomic E-state index is 10.9. The van der Waals surface area contributed by atoms with Gasteiger partial charge in [0.15, 0.2) is 0 Å². The second-order valence-electron chi connectivity index (χ2n) is 5.36. The summed E-state index contributed by atoms with van der Waals surface area (Å²) in [7, 11) is 0. The quantitative estimate of drug-likeness (QED) is 0.831. The van der Waals surface area contributed by atoms with Crippen LogP contribution in [0, 0.1) is 6.92 Å². The first kappa shape index (κ1) is 16.4. The molecule has 0 saturated carbocycles. The largest absolute Gasteiger partial charge is 0.478 e. The van der Waals surface area contributed by atoms with Gasteiger partial charge in [-0.15, -0.1) is 0 Å². The molecule has 112 valence electrons. The highest BCUT2D eigenvalue weighted by Crippen LogP contribution is 2.13. The number of carboxylic acids is 1. The molecule has 0 spiro atoms. The van der Waals surface area contributed by atoms with Crippen LogP contribution in [-0.2, 0) is 0 Å². The van der Waals surface area contributed by atoms with Crippen LogP contribution < -0.4 is 4.74 Å². The zero-order chi connectivity index (χ0) is 15.3. The van der Waals surface area contributed by atoms with Crippen LogP contribution in [0.1, 0.15) is 43.7 Å². The maximum Gasteiger partial charge on any atom is 0.337 e. The molecule has 5 nitrogen and oxygen atoms in total. The third-order valence-electron chi connectivity index (χ3n) is 3.22. The van der Waals surface area contributed by atoms with Gasteiger partial charge in [-0.2, -0.15) is 0 Å². The van der Waals surface area contributed by atoms with E-state index in [0.717, 1.165) is 6.54 Å². The van der Waals surface area contributed by atoms with Crippen molar-refractivity contribution < 1.29 is 14.6 Å². The lowest BCUT2D eigenvalue weighted by Crippen LogP contribution is -2.39. The number of hydrogen-bond acceptors (Lipinski definition) is 4. The second-order valence-corrected chi connectivity index (χ2v) is 5.36. The number of pyridine rings is 1. The average Bonchev–Trinajstić information content (AvgIpc) is 2.33. The molecule has 1 rings (SSSR count). The molecule has 0 atom stereocenters. The average molecular weight is 280 g/mol. The minimum absolute atomic E-state index is 0.211. The van der Waals surface area contributed by atoms with Gasteiger partial charge in [0.05, 0.1) is 11.3 Å². The molecule has 0 radical (unpaired) electrons. The van der Waals surface area contributed by atoms with Crippen LogP contribution in [0.3, 0.4) is 0 Å². The smallest absolute Gasteiger partial charge is 0.337 e. The molecule has 0 fully saturated rings. The van der Waals surface area contributed by atoms with Crippen LogP contribution >= 0.6 is 0 Å². The Labute approximate surface area is 120 Å². The molecule has 20 heavy (non-hydrogen) atoms. The van der Waals surface area contributed by atoms with E-state index in [9.17, 15) is 4.79 Å². The predicted octanol–water partition coefficient (Wildman–Crippen LogP) is 2.59. The lowest BCUT2D eigenvalue weighted by molar-refractivity contribution is 0.0695. The van der Waals surface area contributed by atoms with Crippen LogP contribution in [0.2, 0.25) is 0 Å². The van der Waals surface area contributed by atoms with Gasteiger partial charge in [0.1, 0.15) is 6.61 Å². The zero-order valence-corrected chi connectivity index (χ0v) is 12.9. The van der Waals surface area contributed by atoms with Gasteiger partial charge >= 0.3 is 5.97 Å². The summed E-state index contributed by atoms with van der Waals surface area (Å²) in [6, 6.07) is 4.05. The Morgan fingerprint density at radius 1 is 1.30 bits per heavy atom. The third kappa shape index (κ3) is 4.49. The number of carbonyl (C=O) groups is 1. The van der Waals surface area contributed by atoms with Gasteiger partial charge in [0, 0.05) is 24.7 Å². The van der Waals surface area contributed by atoms with Gasteiger partial charge in [-0.3, -0.25) is 4.90 Å². The van der Waals surface area contributed by atoms with Crippen molar-refractivity contribution in [2.24, 2.45) is 0 Å². The van der Waals surface area contributed by atoms with E-state index in [1.807, 2.05) is 0 Å². The topological polar surface area (TPSA) is 62.7 Å². The maximum atomic E-state index is 10.9. The summed E-state index contributed by atoms with van der Waals surface area (Å²) in [6.45, 7) is 11.7. The van der Waals surface area contributed by atoms with Crippen LogP contribution in [0.4, 0.5) is 0 Å². The molecule has 0 aliphatic carbocycles. The highest BCUT2D eigenvalue weighted by Gasteiger charge is 2.13. The second kappa shape index (κ2) is 7.24. The van der Waals surface area contributed by atoms with Crippen molar-refractivity contribution in [2.45, 2.75) is 46.7 Å². The molecule has 0 aliphatic heterocycles. The van der Waals surface area contributed by atoms with E-state index in [1.165, 1.54) is 6.07 Å². The standard InChI is InChI=1S/C15H24N2O3/c1-10(2)17(11(3)4)8-9-20-14-7-6-13(15(18)19)12(5)16-14/h6-7,10-11H,8-9H2,1-5H3,(H,18,19). The molecule has 0 saturated heterocycles. The Bertz CT molecular complexity index is 450. The fourth-order valence-electron chi connectivity index (χ4n) is 2.21. The Morgan fingerprint density at radius 2 is 1.90 bits per heavy atom. The molecule has 0 unspecified atom stereocenters. The van der Waals surface area contributed by atoms with E-state index in [4.69, 9.17) is 9.84 Å². The summed E-state index contributed by atoms with van der Waals surface area (Å²) >= 11 is 0. The minimum Gasteiger partial charge on any atom is -0.478 e. The number of nitrogens with zero attached hydrogens (tertiary/aromatic N) is 2. The number of hydrogen-bond donors (Lipinski definition) is 1. The fourth-order valence-corrected chi connectivity index (χ4v) is 2.21. The highest BCUT2D eigenvalue weighted by molar-refractivity contribution is 5.88. The Morgan fingerprint density at radius 3 is 2.35 bits per heavy atom. The number of carboxylic acid groups (broad SMARTS) is 1. The number of aromatic carboxylic acids is 1. The number of rotatable bonds is 7. The normalized spacial score (nSPS) is 11.4. The zero-order valence-electron chi connectivity index (χ0n) is 12.9. The van der Waals surface area contributed by atoms with Gasteiger partial charge in [-0.05, 0) is 40.7 Å². The van der Waals surface area contributed by atoms with Crippen molar-refractivity contribution >= 4 is 5.97 Å². The molecule has 5 heteroatoms. The number of aryl methyl sites for hydroxylation is 1. The van der Waals surface area contributed by atoms with Crippen LogP contribution in [0.25, 0.3) is 0 Å². The Balaban J connectivity index is 2.58. The molecule has 0 bridgehead atoms. The summed E-state index contributed by atoms with van der Waals surface area (Å²) in [6.07, 6.45) is 0. The van der Waals surface area contributed by atoms with Gasteiger partial charge in [-0.1, -0.05) is 0 Å². The van der Waals surface area contributed by atoms with E-state index < -0.39 is 5.97 Å². The van der Waals surface area contributed by atoms with Gasteiger partial charge in [0.25, 0.3) is 0 Å². The van der Waals surface area contributed by atoms with Crippen LogP contribution in [-0.4, -0.2) is 46.2 Å². The van der Waals surface area contributed by atoms with Crippen LogP contribution in [0.15, 0.2) is 12.1 Å². The van der Waals surface area contributed by atoms with Crippen molar-refractivity contribution in [3.8, 4) is 5.88 Å². The first-order chi connectivity index (χ1) is 9.32. The molecule has 1 heterocycles. The molecule has 1 N–H and O–H groups in total. The Kier molecular flexibility index (Phi) is 5.95. The van der Waals surface area contributed by atoms with E-state index in [1.54, 1.807) is 13.0 Å². The van der Waals surface area contributed by atoms with Gasteiger partial charge in [-0.25, -0.2) is 9.78 Å². The molecule has 0 amide bonds. The fraction of sp³-hybridized carbons (Fsp3) is 0.600. The lowest BCUT2D eigenvalue weighted by atomic mass is 10.2. The van der Waals surface area contributed by atoms with Crippen LogP contribution in [0.5, 0.6) is 5.88 Å². The molecular weight excluding hydrogens is 256 g/mol. The van der Waals surface area contributed by atoms with Gasteiger partial charge < -0.3 is 9.84 Å². The predicted molar refractivity (Wildman–Crippen MR) is 78.4 cm³/mol. The van der Waals surface area contributed by atoms with Crippen molar-refractivity contribution in [3.63, 3.8) is 0 Å². The molecule has 0 aliphatic rings. The van der Waals surface area contributed by atoms with Crippen molar-refractivity contribution in [2.75, 3.05) is 13.2 Å². The summed E-state index contributed by atoms with van der Waals surface area (Å²) in [5.74, 6) is -0.493. The van der Waals surface area contributed by atoms with E-state index in [-0.39, 0.29) is 5.56 Å². The lowest BCUT2D eigenvalue weighted by Gasteiger charge is -2.30. The van der Waals surface area contributed by atoms with Crippen molar-refractivity contribution in [1.29, 1.82) is 0 Å². The summed E-state index contributed by atoms with van der Waals surface area (Å²) in [5, 5.41) is 8.94. The monoisotopic (exact) mass is 280 g/mol. The van der Waals surface area contributed by atoms with E-state index in [2.05, 4.69) is 37.6 Å². The summed E-state index contributed by atoms with van der Waals surface area (Å²) in [5.41, 5.74) is 0.683. The molecule has 1 aromatic heterocycles. The summed E-state index contributed by atoms with van der Waals surface area (Å²) < 4.78 is 5.61. The molecular formula is C15H24N2O3. The van der Waals surface area contributed by atoms with Gasteiger partial charge in [0.2, 0.25) is 5.88 Å². The number of ether oxygens (including phenoxy) is 1. The van der Waals surface area contributed by atoms with E-state index in [0.29, 0.717) is 30.3 Å². The first-order valence-corrected chi connectivity index (χ1v) is 6.92. The SMILES string of the molecule is Cc1nc(OCCN(C(C)C)C(C)C)ccc1C(=O)O. The van der Waals surface area contributed by atoms with Crippen molar-refractivity contribution in [3.05, 3.63) is 23.4 Å². The Hall–Kier alpha value is -1.62. The minimum atomic E-state index is -0.965. The third-order valence-corrected chi connectivity index (χ3v) is 3.22. The molecule has 0 aromatic carbocycles. The van der Waals surface area contributed by atoms with E-state index >= 15 is 0 Å². The molecule has 1 aromatic rings. The first-order valence-electron chi connectivity index (χ1n) is 6.92. The highest BCUT2D eigenvalue weighted by atomic mass is 16.5.